The number of aliphatic hydroxyl groups is 1. The van der Waals surface area contributed by atoms with Gasteiger partial charge in [0.05, 0.1) is 0 Å². The van der Waals surface area contributed by atoms with Gasteiger partial charge in [-0.15, -0.1) is 0 Å². The summed E-state index contributed by atoms with van der Waals surface area (Å²) < 4.78 is 0. The van der Waals surface area contributed by atoms with Crippen LogP contribution in [-0.2, 0) is 11.2 Å². The highest BCUT2D eigenvalue weighted by molar-refractivity contribution is 5.50. The predicted octanol–water partition coefficient (Wildman–Crippen LogP) is 2.85. The summed E-state index contributed by atoms with van der Waals surface area (Å²) in [4.78, 5) is 10.1. The zero-order chi connectivity index (χ0) is 12.2. The molecule has 0 aliphatic heterocycles. The van der Waals surface area contributed by atoms with E-state index in [9.17, 15) is 4.79 Å². The maximum atomic E-state index is 10.1. The van der Waals surface area contributed by atoms with Crippen molar-refractivity contribution in [2.24, 2.45) is 0 Å². The van der Waals surface area contributed by atoms with E-state index in [0.717, 1.165) is 26.2 Å². The second kappa shape index (κ2) is 10.1. The Balaban J connectivity index is 0.00000106. The predicted molar refractivity (Wildman–Crippen MR) is 68.3 cm³/mol. The minimum Gasteiger partial charge on any atom is -0.400 e. The van der Waals surface area contributed by atoms with Gasteiger partial charge >= 0.3 is 0 Å². The van der Waals surface area contributed by atoms with E-state index < -0.39 is 0 Å². The van der Waals surface area contributed by atoms with Crippen LogP contribution in [0, 0.1) is 0 Å². The van der Waals surface area contributed by atoms with Crippen LogP contribution in [0.2, 0.25) is 0 Å². The molecule has 0 saturated carbocycles. The number of allylic oxidation sites excluding steroid dienone is 1. The molecule has 0 aliphatic carbocycles. The molecular formula is C14H20O2. The molecule has 0 bridgehead atoms. The number of hydrogen-bond acceptors (Lipinski definition) is 2. The van der Waals surface area contributed by atoms with Crippen molar-refractivity contribution in [2.75, 3.05) is 7.11 Å². The van der Waals surface area contributed by atoms with E-state index in [1.54, 1.807) is 0 Å². The summed E-state index contributed by atoms with van der Waals surface area (Å²) in [6.45, 7) is 2.01. The first-order chi connectivity index (χ1) is 7.86. The fraction of sp³-hybridized carbons (Fsp3) is 0.357. The van der Waals surface area contributed by atoms with Gasteiger partial charge in [0.25, 0.3) is 0 Å². The molecule has 0 radical (unpaired) electrons. The first kappa shape index (κ1) is 14.6. The van der Waals surface area contributed by atoms with Crippen molar-refractivity contribution in [2.45, 2.75) is 26.2 Å². The number of benzene rings is 1. The lowest BCUT2D eigenvalue weighted by Crippen LogP contribution is -1.86. The third-order valence-corrected chi connectivity index (χ3v) is 2.13. The minimum atomic E-state index is 0.663. The first-order valence-corrected chi connectivity index (χ1v) is 5.47. The maximum absolute atomic E-state index is 10.1. The molecule has 0 fully saturated rings. The van der Waals surface area contributed by atoms with E-state index in [4.69, 9.17) is 5.11 Å². The largest absolute Gasteiger partial charge is 0.400 e. The van der Waals surface area contributed by atoms with Crippen molar-refractivity contribution in [1.29, 1.82) is 0 Å². The number of aldehydes is 1. The van der Waals surface area contributed by atoms with Crippen molar-refractivity contribution in [3.05, 3.63) is 41.5 Å². The van der Waals surface area contributed by atoms with Crippen LogP contribution in [-0.4, -0.2) is 18.5 Å². The third kappa shape index (κ3) is 6.14. The molecule has 0 amide bonds. The van der Waals surface area contributed by atoms with Gasteiger partial charge in [-0.05, 0) is 30.9 Å². The van der Waals surface area contributed by atoms with Gasteiger partial charge in [-0.3, -0.25) is 0 Å². The van der Waals surface area contributed by atoms with Crippen molar-refractivity contribution in [3.63, 3.8) is 0 Å². The van der Waals surface area contributed by atoms with E-state index >= 15 is 0 Å². The standard InChI is InChI=1S/C13H16O.CH4O/c1-2-5-12-7-9-13(10-8-12)6-3-4-11-14;1-2/h2,5,7-11H,3-4,6H2,1H3;2H,1H3/b5-2+;. The second-order valence-electron chi connectivity index (χ2n) is 3.30. The minimum absolute atomic E-state index is 0.663. The molecule has 0 aliphatic rings. The summed E-state index contributed by atoms with van der Waals surface area (Å²) in [7, 11) is 1.00. The molecular weight excluding hydrogens is 200 g/mol. The topological polar surface area (TPSA) is 37.3 Å². The number of unbranched alkanes of at least 4 members (excludes halogenated alkanes) is 1. The van der Waals surface area contributed by atoms with Crippen LogP contribution in [0.3, 0.4) is 0 Å². The Labute approximate surface area is 97.6 Å². The van der Waals surface area contributed by atoms with Crippen LogP contribution in [0.4, 0.5) is 0 Å². The first-order valence-electron chi connectivity index (χ1n) is 5.47. The Morgan fingerprint density at radius 3 is 2.31 bits per heavy atom. The second-order valence-corrected chi connectivity index (χ2v) is 3.30. The number of carbonyl (C=O) groups excluding carboxylic acids is 1. The van der Waals surface area contributed by atoms with Gasteiger partial charge < -0.3 is 9.90 Å². The Morgan fingerprint density at radius 2 is 1.81 bits per heavy atom. The zero-order valence-corrected chi connectivity index (χ0v) is 10.0. The number of aliphatic hydroxyl groups excluding tert-OH is 1. The molecule has 16 heavy (non-hydrogen) atoms. The van der Waals surface area contributed by atoms with Gasteiger partial charge in [-0.2, -0.15) is 0 Å². The molecule has 0 aromatic heterocycles. The number of hydrogen-bond donors (Lipinski definition) is 1. The highest BCUT2D eigenvalue weighted by atomic mass is 16.2. The summed E-state index contributed by atoms with van der Waals surface area (Å²) in [5.74, 6) is 0. The molecule has 0 saturated heterocycles. The lowest BCUT2D eigenvalue weighted by Gasteiger charge is -1.99. The van der Waals surface area contributed by atoms with E-state index in [1.807, 2.05) is 13.0 Å². The molecule has 1 aromatic rings. The van der Waals surface area contributed by atoms with E-state index in [-0.39, 0.29) is 0 Å². The van der Waals surface area contributed by atoms with Gasteiger partial charge in [0, 0.05) is 13.5 Å². The molecule has 2 heteroatoms. The molecule has 1 rings (SSSR count). The normalized spacial score (nSPS) is 9.69. The number of aryl methyl sites for hydroxylation is 1. The summed E-state index contributed by atoms with van der Waals surface area (Å²) in [6, 6.07) is 8.47. The van der Waals surface area contributed by atoms with Crippen LogP contribution in [0.1, 0.15) is 30.9 Å². The van der Waals surface area contributed by atoms with Crippen LogP contribution in [0.25, 0.3) is 6.08 Å². The Kier molecular flexibility index (Phi) is 9.23. The summed E-state index contributed by atoms with van der Waals surface area (Å²) in [5.41, 5.74) is 2.53. The molecule has 0 atom stereocenters. The molecule has 1 aromatic carbocycles. The van der Waals surface area contributed by atoms with Crippen molar-refractivity contribution < 1.29 is 9.90 Å². The number of rotatable bonds is 5. The van der Waals surface area contributed by atoms with Gasteiger partial charge in [0.2, 0.25) is 0 Å². The average Bonchev–Trinajstić information content (AvgIpc) is 2.35. The highest BCUT2D eigenvalue weighted by Gasteiger charge is 1.92. The van der Waals surface area contributed by atoms with E-state index in [0.29, 0.717) is 6.42 Å². The fourth-order valence-electron chi connectivity index (χ4n) is 1.38. The van der Waals surface area contributed by atoms with E-state index in [2.05, 4.69) is 30.3 Å². The van der Waals surface area contributed by atoms with Crippen LogP contribution in [0.5, 0.6) is 0 Å². The van der Waals surface area contributed by atoms with Crippen molar-refractivity contribution in [1.82, 2.24) is 0 Å². The van der Waals surface area contributed by atoms with E-state index in [1.165, 1.54) is 11.1 Å². The molecule has 2 nitrogen and oxygen atoms in total. The zero-order valence-electron chi connectivity index (χ0n) is 10.0. The third-order valence-electron chi connectivity index (χ3n) is 2.13. The molecule has 0 spiro atoms. The van der Waals surface area contributed by atoms with Crippen LogP contribution >= 0.6 is 0 Å². The fourth-order valence-corrected chi connectivity index (χ4v) is 1.38. The van der Waals surface area contributed by atoms with Crippen molar-refractivity contribution >= 4 is 12.4 Å². The van der Waals surface area contributed by atoms with Crippen LogP contribution < -0.4 is 0 Å². The maximum Gasteiger partial charge on any atom is 0.120 e. The van der Waals surface area contributed by atoms with Gasteiger partial charge in [0.15, 0.2) is 0 Å². The molecule has 88 valence electrons. The average molecular weight is 220 g/mol. The van der Waals surface area contributed by atoms with Gasteiger partial charge in [-0.1, -0.05) is 36.4 Å². The van der Waals surface area contributed by atoms with Crippen LogP contribution in [0.15, 0.2) is 30.3 Å². The Morgan fingerprint density at radius 1 is 1.19 bits per heavy atom. The van der Waals surface area contributed by atoms with Gasteiger partial charge in [0.1, 0.15) is 6.29 Å². The van der Waals surface area contributed by atoms with Gasteiger partial charge in [-0.25, -0.2) is 0 Å². The molecule has 0 unspecified atom stereocenters. The molecule has 1 N–H and O–H groups in total. The highest BCUT2D eigenvalue weighted by Crippen LogP contribution is 2.08. The molecule has 0 heterocycles. The summed E-state index contributed by atoms with van der Waals surface area (Å²) in [6.07, 6.45) is 7.70. The summed E-state index contributed by atoms with van der Waals surface area (Å²) in [5, 5.41) is 7.00. The SMILES string of the molecule is C/C=C/c1ccc(CCCC=O)cc1.CO. The van der Waals surface area contributed by atoms with Crippen molar-refractivity contribution in [3.8, 4) is 0 Å². The smallest absolute Gasteiger partial charge is 0.120 e. The quantitative estimate of drug-likeness (QED) is 0.612. The monoisotopic (exact) mass is 220 g/mol. The summed E-state index contributed by atoms with van der Waals surface area (Å²) >= 11 is 0. The lowest BCUT2D eigenvalue weighted by atomic mass is 10.1. The lowest BCUT2D eigenvalue weighted by molar-refractivity contribution is -0.107. The number of carbonyl (C=O) groups is 1. The Hall–Kier alpha value is -1.41. The Bertz CT molecular complexity index is 299.